The maximum atomic E-state index is 12.2. The van der Waals surface area contributed by atoms with Gasteiger partial charge in [0.15, 0.2) is 6.61 Å². The van der Waals surface area contributed by atoms with E-state index in [1.54, 1.807) is 12.1 Å². The van der Waals surface area contributed by atoms with Crippen LogP contribution in [-0.2, 0) is 9.53 Å². The molecule has 3 rings (SSSR count). The fraction of sp³-hybridized carbons (Fsp3) is 0.429. The summed E-state index contributed by atoms with van der Waals surface area (Å²) in [7, 11) is 0. The zero-order valence-electron chi connectivity index (χ0n) is 14.8. The van der Waals surface area contributed by atoms with Crippen LogP contribution in [-0.4, -0.2) is 24.5 Å². The summed E-state index contributed by atoms with van der Waals surface area (Å²) in [6.45, 7) is 4.17. The second kappa shape index (κ2) is 7.68. The van der Waals surface area contributed by atoms with Crippen molar-refractivity contribution in [3.05, 3.63) is 48.0 Å². The molecular formula is C21H25NO3. The smallest absolute Gasteiger partial charge is 0.338 e. The third-order valence-corrected chi connectivity index (χ3v) is 5.37. The Morgan fingerprint density at radius 1 is 1.08 bits per heavy atom. The van der Waals surface area contributed by atoms with E-state index < -0.39 is 5.97 Å². The van der Waals surface area contributed by atoms with Crippen LogP contribution >= 0.6 is 0 Å². The molecule has 132 valence electrons. The number of nitrogens with one attached hydrogen (secondary N) is 1. The van der Waals surface area contributed by atoms with E-state index in [0.717, 1.165) is 23.6 Å². The summed E-state index contributed by atoms with van der Waals surface area (Å²) < 4.78 is 5.19. The first-order valence-electron chi connectivity index (χ1n) is 9.00. The fourth-order valence-corrected chi connectivity index (χ4v) is 3.56. The van der Waals surface area contributed by atoms with E-state index in [-0.39, 0.29) is 18.6 Å². The number of ether oxygens (including phenoxy) is 1. The molecule has 4 nitrogen and oxygen atoms in total. The zero-order valence-corrected chi connectivity index (χ0v) is 14.8. The third-order valence-electron chi connectivity index (χ3n) is 5.37. The molecular weight excluding hydrogens is 314 g/mol. The molecule has 0 heterocycles. The quantitative estimate of drug-likeness (QED) is 0.859. The molecule has 25 heavy (non-hydrogen) atoms. The van der Waals surface area contributed by atoms with Crippen LogP contribution in [0.25, 0.3) is 10.8 Å². The van der Waals surface area contributed by atoms with Gasteiger partial charge < -0.3 is 10.1 Å². The maximum absolute atomic E-state index is 12.2. The SMILES string of the molecule is CC1CCCC(NC(=O)COC(=O)c2ccc3ccccc3c2)C1C. The van der Waals surface area contributed by atoms with Crippen molar-refractivity contribution in [3.8, 4) is 0 Å². The van der Waals surface area contributed by atoms with Gasteiger partial charge in [0.2, 0.25) is 0 Å². The number of rotatable bonds is 4. The molecule has 0 spiro atoms. The first kappa shape index (κ1) is 17.5. The van der Waals surface area contributed by atoms with Crippen molar-refractivity contribution in [2.24, 2.45) is 11.8 Å². The highest BCUT2D eigenvalue weighted by atomic mass is 16.5. The Kier molecular flexibility index (Phi) is 5.37. The largest absolute Gasteiger partial charge is 0.452 e. The molecule has 1 fully saturated rings. The van der Waals surface area contributed by atoms with E-state index in [0.29, 0.717) is 17.4 Å². The summed E-state index contributed by atoms with van der Waals surface area (Å²) in [5.74, 6) is 0.374. The topological polar surface area (TPSA) is 55.4 Å². The summed E-state index contributed by atoms with van der Waals surface area (Å²) in [6, 6.07) is 13.4. The van der Waals surface area contributed by atoms with Crippen molar-refractivity contribution in [3.63, 3.8) is 0 Å². The van der Waals surface area contributed by atoms with E-state index >= 15 is 0 Å². The van der Waals surface area contributed by atoms with Crippen LogP contribution in [0.4, 0.5) is 0 Å². The Morgan fingerprint density at radius 2 is 1.84 bits per heavy atom. The summed E-state index contributed by atoms with van der Waals surface area (Å²) in [6.07, 6.45) is 3.34. The van der Waals surface area contributed by atoms with E-state index in [1.165, 1.54) is 6.42 Å². The van der Waals surface area contributed by atoms with Gasteiger partial charge in [0, 0.05) is 6.04 Å². The van der Waals surface area contributed by atoms with Crippen LogP contribution in [0.3, 0.4) is 0 Å². The Hall–Kier alpha value is -2.36. The van der Waals surface area contributed by atoms with Gasteiger partial charge in [-0.3, -0.25) is 4.79 Å². The minimum absolute atomic E-state index is 0.177. The molecule has 1 saturated carbocycles. The van der Waals surface area contributed by atoms with Gasteiger partial charge in [-0.15, -0.1) is 0 Å². The molecule has 0 bridgehead atoms. The first-order chi connectivity index (χ1) is 12.0. The summed E-state index contributed by atoms with van der Waals surface area (Å²) >= 11 is 0. The summed E-state index contributed by atoms with van der Waals surface area (Å²) in [5.41, 5.74) is 0.464. The predicted octanol–water partition coefficient (Wildman–Crippen LogP) is 3.94. The predicted molar refractivity (Wildman–Crippen MR) is 98.3 cm³/mol. The van der Waals surface area contributed by atoms with Gasteiger partial charge in [-0.05, 0) is 41.2 Å². The molecule has 2 aromatic rings. The Labute approximate surface area is 148 Å². The average molecular weight is 339 g/mol. The Bertz CT molecular complexity index is 771. The number of esters is 1. The molecule has 3 atom stereocenters. The monoisotopic (exact) mass is 339 g/mol. The molecule has 1 aliphatic rings. The van der Waals surface area contributed by atoms with Gasteiger partial charge >= 0.3 is 5.97 Å². The highest BCUT2D eigenvalue weighted by Crippen LogP contribution is 2.29. The van der Waals surface area contributed by atoms with Crippen LogP contribution < -0.4 is 5.32 Å². The lowest BCUT2D eigenvalue weighted by Gasteiger charge is -2.34. The molecule has 1 amide bonds. The molecule has 0 radical (unpaired) electrons. The third kappa shape index (κ3) is 4.19. The second-order valence-corrected chi connectivity index (χ2v) is 7.08. The average Bonchev–Trinajstić information content (AvgIpc) is 2.63. The van der Waals surface area contributed by atoms with Crippen molar-refractivity contribution >= 4 is 22.6 Å². The molecule has 4 heteroatoms. The van der Waals surface area contributed by atoms with Crippen molar-refractivity contribution in [1.29, 1.82) is 0 Å². The number of carbonyl (C=O) groups excluding carboxylic acids is 2. The van der Waals surface area contributed by atoms with E-state index in [2.05, 4.69) is 19.2 Å². The van der Waals surface area contributed by atoms with Crippen LogP contribution in [0, 0.1) is 11.8 Å². The summed E-state index contributed by atoms with van der Waals surface area (Å²) in [5, 5.41) is 5.06. The highest BCUT2D eigenvalue weighted by Gasteiger charge is 2.28. The second-order valence-electron chi connectivity index (χ2n) is 7.08. The van der Waals surface area contributed by atoms with Crippen molar-refractivity contribution in [1.82, 2.24) is 5.32 Å². The number of amides is 1. The first-order valence-corrected chi connectivity index (χ1v) is 9.00. The summed E-state index contributed by atoms with van der Waals surface area (Å²) in [4.78, 5) is 24.3. The van der Waals surface area contributed by atoms with Gasteiger partial charge in [-0.25, -0.2) is 4.79 Å². The van der Waals surface area contributed by atoms with E-state index in [4.69, 9.17) is 4.74 Å². The van der Waals surface area contributed by atoms with Gasteiger partial charge in [-0.1, -0.05) is 57.0 Å². The normalized spacial score (nSPS) is 23.2. The highest BCUT2D eigenvalue weighted by molar-refractivity contribution is 5.96. The maximum Gasteiger partial charge on any atom is 0.338 e. The number of carbonyl (C=O) groups is 2. The Balaban J connectivity index is 1.55. The zero-order chi connectivity index (χ0) is 17.8. The fourth-order valence-electron chi connectivity index (χ4n) is 3.56. The molecule has 1 aliphatic carbocycles. The lowest BCUT2D eigenvalue weighted by molar-refractivity contribution is -0.125. The van der Waals surface area contributed by atoms with Crippen LogP contribution in [0.1, 0.15) is 43.5 Å². The molecule has 0 aromatic heterocycles. The van der Waals surface area contributed by atoms with Crippen molar-refractivity contribution in [2.75, 3.05) is 6.61 Å². The van der Waals surface area contributed by atoms with Gasteiger partial charge in [-0.2, -0.15) is 0 Å². The number of hydrogen-bond acceptors (Lipinski definition) is 3. The standard InChI is InChI=1S/C21H25NO3/c1-14-6-5-9-19(15(14)2)22-20(23)13-25-21(24)18-11-10-16-7-3-4-8-17(16)12-18/h3-4,7-8,10-12,14-15,19H,5-6,9,13H2,1-2H3,(H,22,23). The Morgan fingerprint density at radius 3 is 2.64 bits per heavy atom. The lowest BCUT2D eigenvalue weighted by atomic mass is 9.78. The van der Waals surface area contributed by atoms with Gasteiger partial charge in [0.1, 0.15) is 0 Å². The molecule has 2 aromatic carbocycles. The number of hydrogen-bond donors (Lipinski definition) is 1. The van der Waals surface area contributed by atoms with Crippen molar-refractivity contribution < 1.29 is 14.3 Å². The van der Waals surface area contributed by atoms with Crippen LogP contribution in [0.5, 0.6) is 0 Å². The lowest BCUT2D eigenvalue weighted by Crippen LogP contribution is -2.45. The molecule has 1 N–H and O–H groups in total. The van der Waals surface area contributed by atoms with Crippen molar-refractivity contribution in [2.45, 2.75) is 39.2 Å². The molecule has 0 aliphatic heterocycles. The van der Waals surface area contributed by atoms with Gasteiger partial charge in [0.05, 0.1) is 5.56 Å². The van der Waals surface area contributed by atoms with Crippen LogP contribution in [0.2, 0.25) is 0 Å². The van der Waals surface area contributed by atoms with Crippen LogP contribution in [0.15, 0.2) is 42.5 Å². The minimum Gasteiger partial charge on any atom is -0.452 e. The number of fused-ring (bicyclic) bond motifs is 1. The van der Waals surface area contributed by atoms with E-state index in [1.807, 2.05) is 30.3 Å². The minimum atomic E-state index is -0.467. The molecule has 0 saturated heterocycles. The van der Waals surface area contributed by atoms with E-state index in [9.17, 15) is 9.59 Å². The van der Waals surface area contributed by atoms with Gasteiger partial charge in [0.25, 0.3) is 5.91 Å². The molecule has 3 unspecified atom stereocenters. The number of benzene rings is 2.